The van der Waals surface area contributed by atoms with Crippen molar-refractivity contribution in [1.29, 1.82) is 0 Å². The van der Waals surface area contributed by atoms with Gasteiger partial charge in [0.2, 0.25) is 0 Å². The van der Waals surface area contributed by atoms with Crippen LogP contribution in [0, 0.1) is 0 Å². The van der Waals surface area contributed by atoms with E-state index in [0.717, 1.165) is 12.8 Å². The molecule has 1 aliphatic rings. The molecule has 94 valence electrons. The third kappa shape index (κ3) is 3.45. The molecule has 5 nitrogen and oxygen atoms in total. The number of carbonyl (C=O) groups is 1. The SMILES string of the molecule is CN(CCC(=O)O)C1CCCC1S(C)(=O)=O. The van der Waals surface area contributed by atoms with Gasteiger partial charge < -0.3 is 10.0 Å². The summed E-state index contributed by atoms with van der Waals surface area (Å²) in [7, 11) is -1.22. The summed E-state index contributed by atoms with van der Waals surface area (Å²) in [5, 5.41) is 8.26. The van der Waals surface area contributed by atoms with E-state index < -0.39 is 15.8 Å². The molecule has 0 radical (unpaired) electrons. The summed E-state index contributed by atoms with van der Waals surface area (Å²) in [5.74, 6) is -0.847. The van der Waals surface area contributed by atoms with Gasteiger partial charge in [-0.25, -0.2) is 8.42 Å². The van der Waals surface area contributed by atoms with E-state index >= 15 is 0 Å². The highest BCUT2D eigenvalue weighted by Gasteiger charge is 2.36. The van der Waals surface area contributed by atoms with Crippen LogP contribution in [0.1, 0.15) is 25.7 Å². The Labute approximate surface area is 96.4 Å². The Kier molecular flexibility index (Phi) is 4.32. The fraction of sp³-hybridized carbons (Fsp3) is 0.900. The van der Waals surface area contributed by atoms with E-state index in [1.54, 1.807) is 7.05 Å². The first kappa shape index (κ1) is 13.4. The number of aliphatic carboxylic acids is 1. The van der Waals surface area contributed by atoms with Gasteiger partial charge in [0.1, 0.15) is 0 Å². The number of hydrogen-bond donors (Lipinski definition) is 1. The Balaban J connectivity index is 2.61. The van der Waals surface area contributed by atoms with Crippen LogP contribution < -0.4 is 0 Å². The largest absolute Gasteiger partial charge is 0.481 e. The van der Waals surface area contributed by atoms with Gasteiger partial charge in [0.15, 0.2) is 9.84 Å². The van der Waals surface area contributed by atoms with E-state index in [4.69, 9.17) is 5.11 Å². The highest BCUT2D eigenvalue weighted by Crippen LogP contribution is 2.28. The molecule has 1 rings (SSSR count). The molecule has 2 atom stereocenters. The first-order valence-electron chi connectivity index (χ1n) is 5.43. The van der Waals surface area contributed by atoms with E-state index in [1.807, 2.05) is 4.90 Å². The van der Waals surface area contributed by atoms with Crippen LogP contribution in [0.25, 0.3) is 0 Å². The third-order valence-electron chi connectivity index (χ3n) is 3.21. The zero-order valence-electron chi connectivity index (χ0n) is 9.72. The van der Waals surface area contributed by atoms with Gasteiger partial charge in [0.25, 0.3) is 0 Å². The lowest BCUT2D eigenvalue weighted by atomic mass is 10.2. The molecule has 0 bridgehead atoms. The van der Waals surface area contributed by atoms with Crippen molar-refractivity contribution in [2.24, 2.45) is 0 Å². The molecule has 16 heavy (non-hydrogen) atoms. The molecule has 1 aliphatic carbocycles. The molecular weight excluding hydrogens is 230 g/mol. The Bertz CT molecular complexity index is 352. The molecular formula is C10H19NO4S. The number of carboxylic acids is 1. The van der Waals surface area contributed by atoms with Gasteiger partial charge in [-0.2, -0.15) is 0 Å². The molecule has 0 saturated heterocycles. The normalized spacial score (nSPS) is 26.2. The maximum atomic E-state index is 11.5. The number of sulfone groups is 1. The van der Waals surface area contributed by atoms with Gasteiger partial charge in [-0.1, -0.05) is 6.42 Å². The predicted octanol–water partition coefficient (Wildman–Crippen LogP) is 0.359. The zero-order chi connectivity index (χ0) is 12.3. The zero-order valence-corrected chi connectivity index (χ0v) is 10.5. The summed E-state index contributed by atoms with van der Waals surface area (Å²) in [6, 6.07) is -0.0191. The number of hydrogen-bond acceptors (Lipinski definition) is 4. The molecule has 0 amide bonds. The van der Waals surface area contributed by atoms with Crippen molar-refractivity contribution in [3.05, 3.63) is 0 Å². The Morgan fingerprint density at radius 1 is 1.44 bits per heavy atom. The lowest BCUT2D eigenvalue weighted by Crippen LogP contribution is -2.42. The molecule has 0 heterocycles. The summed E-state index contributed by atoms with van der Waals surface area (Å²) >= 11 is 0. The van der Waals surface area contributed by atoms with Crippen LogP contribution in [0.2, 0.25) is 0 Å². The quantitative estimate of drug-likeness (QED) is 0.761. The van der Waals surface area contributed by atoms with Crippen LogP contribution in [0.15, 0.2) is 0 Å². The second kappa shape index (κ2) is 5.14. The van der Waals surface area contributed by atoms with E-state index in [2.05, 4.69) is 0 Å². The number of nitrogens with zero attached hydrogens (tertiary/aromatic N) is 1. The molecule has 0 aromatic rings. The van der Waals surface area contributed by atoms with Crippen molar-refractivity contribution in [2.75, 3.05) is 19.8 Å². The van der Waals surface area contributed by atoms with Crippen LogP contribution in [0.5, 0.6) is 0 Å². The molecule has 1 N–H and O–H groups in total. The van der Waals surface area contributed by atoms with Crippen LogP contribution >= 0.6 is 0 Å². The highest BCUT2D eigenvalue weighted by atomic mass is 32.2. The maximum absolute atomic E-state index is 11.5. The van der Waals surface area contributed by atoms with Crippen molar-refractivity contribution >= 4 is 15.8 Å². The fourth-order valence-corrected chi connectivity index (χ4v) is 3.86. The summed E-state index contributed by atoms with van der Waals surface area (Å²) < 4.78 is 23.1. The maximum Gasteiger partial charge on any atom is 0.304 e. The second-order valence-electron chi connectivity index (χ2n) is 4.49. The Hall–Kier alpha value is -0.620. The van der Waals surface area contributed by atoms with E-state index in [1.165, 1.54) is 6.26 Å². The lowest BCUT2D eigenvalue weighted by Gasteiger charge is -2.28. The molecule has 1 fully saturated rings. The minimum atomic E-state index is -3.02. The Morgan fingerprint density at radius 3 is 2.56 bits per heavy atom. The van der Waals surface area contributed by atoms with E-state index in [0.29, 0.717) is 13.0 Å². The van der Waals surface area contributed by atoms with Crippen LogP contribution in [-0.2, 0) is 14.6 Å². The summed E-state index contributed by atoms with van der Waals surface area (Å²) in [6.07, 6.45) is 3.76. The minimum absolute atomic E-state index is 0.0191. The van der Waals surface area contributed by atoms with E-state index in [9.17, 15) is 13.2 Å². The third-order valence-corrected chi connectivity index (χ3v) is 4.86. The predicted molar refractivity (Wildman–Crippen MR) is 61.2 cm³/mol. The summed E-state index contributed by atoms with van der Waals surface area (Å²) in [5.41, 5.74) is 0. The Morgan fingerprint density at radius 2 is 2.06 bits per heavy atom. The molecule has 6 heteroatoms. The molecule has 0 spiro atoms. The van der Waals surface area contributed by atoms with Crippen molar-refractivity contribution in [3.8, 4) is 0 Å². The lowest BCUT2D eigenvalue weighted by molar-refractivity contribution is -0.137. The molecule has 1 saturated carbocycles. The van der Waals surface area contributed by atoms with Gasteiger partial charge in [0, 0.05) is 18.8 Å². The van der Waals surface area contributed by atoms with Crippen molar-refractivity contribution < 1.29 is 18.3 Å². The first-order valence-corrected chi connectivity index (χ1v) is 7.38. The number of carboxylic acid groups (broad SMARTS) is 1. The first-order chi connectivity index (χ1) is 7.32. The van der Waals surface area contributed by atoms with Gasteiger partial charge in [-0.15, -0.1) is 0 Å². The average Bonchev–Trinajstić information content (AvgIpc) is 2.61. The second-order valence-corrected chi connectivity index (χ2v) is 6.76. The van der Waals surface area contributed by atoms with Gasteiger partial charge in [-0.3, -0.25) is 4.79 Å². The standard InChI is InChI=1S/C10H19NO4S/c1-11(7-6-10(12)13)8-4-3-5-9(8)16(2,14)15/h8-9H,3-7H2,1-2H3,(H,12,13). The van der Waals surface area contributed by atoms with Gasteiger partial charge in [0.05, 0.1) is 11.7 Å². The minimum Gasteiger partial charge on any atom is -0.481 e. The van der Waals surface area contributed by atoms with Crippen molar-refractivity contribution in [2.45, 2.75) is 37.0 Å². The smallest absolute Gasteiger partial charge is 0.304 e. The van der Waals surface area contributed by atoms with Crippen molar-refractivity contribution in [3.63, 3.8) is 0 Å². The highest BCUT2D eigenvalue weighted by molar-refractivity contribution is 7.91. The summed E-state index contributed by atoms with van der Waals surface area (Å²) in [4.78, 5) is 12.3. The van der Waals surface area contributed by atoms with Gasteiger partial charge >= 0.3 is 5.97 Å². The van der Waals surface area contributed by atoms with Crippen molar-refractivity contribution in [1.82, 2.24) is 4.90 Å². The molecule has 0 aliphatic heterocycles. The topological polar surface area (TPSA) is 74.7 Å². The van der Waals surface area contributed by atoms with E-state index in [-0.39, 0.29) is 17.7 Å². The fourth-order valence-electron chi connectivity index (χ4n) is 2.35. The van der Waals surface area contributed by atoms with Crippen LogP contribution in [0.3, 0.4) is 0 Å². The molecule has 0 aromatic carbocycles. The monoisotopic (exact) mass is 249 g/mol. The molecule has 0 aromatic heterocycles. The number of rotatable bonds is 5. The molecule has 2 unspecified atom stereocenters. The van der Waals surface area contributed by atoms with Crippen LogP contribution in [0.4, 0.5) is 0 Å². The van der Waals surface area contributed by atoms with Gasteiger partial charge in [-0.05, 0) is 19.9 Å². The van der Waals surface area contributed by atoms with Crippen LogP contribution in [-0.4, -0.2) is 55.5 Å². The summed E-state index contributed by atoms with van der Waals surface area (Å²) in [6.45, 7) is 0.409. The average molecular weight is 249 g/mol.